The molecule has 0 amide bonds. The highest BCUT2D eigenvalue weighted by atomic mass is 35.5. The summed E-state index contributed by atoms with van der Waals surface area (Å²) < 4.78 is 7.81. The van der Waals surface area contributed by atoms with Crippen LogP contribution in [0.5, 0.6) is 5.75 Å². The summed E-state index contributed by atoms with van der Waals surface area (Å²) in [5, 5.41) is 27.2. The Morgan fingerprint density at radius 2 is 2.11 bits per heavy atom. The van der Waals surface area contributed by atoms with Crippen molar-refractivity contribution in [2.75, 3.05) is 6.61 Å². The van der Waals surface area contributed by atoms with Crippen LogP contribution in [0, 0.1) is 5.92 Å². The summed E-state index contributed by atoms with van der Waals surface area (Å²) in [6.07, 6.45) is 4.84. The SMILES string of the molecule is OCc1nc2c(OC[C@H]3CCCC[C@@H]3O)c(Cl)c(Cl)cc2n1Cc1ncn[nH]1. The van der Waals surface area contributed by atoms with Gasteiger partial charge in [0.25, 0.3) is 0 Å². The van der Waals surface area contributed by atoms with Gasteiger partial charge in [-0.3, -0.25) is 5.10 Å². The molecule has 0 unspecified atom stereocenters. The average molecular weight is 426 g/mol. The maximum Gasteiger partial charge on any atom is 0.167 e. The molecule has 4 rings (SSSR count). The molecule has 2 aromatic heterocycles. The van der Waals surface area contributed by atoms with Gasteiger partial charge in [0.15, 0.2) is 5.75 Å². The van der Waals surface area contributed by atoms with Crippen molar-refractivity contribution < 1.29 is 14.9 Å². The molecular weight excluding hydrogens is 405 g/mol. The lowest BCUT2D eigenvalue weighted by molar-refractivity contribution is 0.0425. The van der Waals surface area contributed by atoms with Crippen molar-refractivity contribution in [3.05, 3.63) is 34.1 Å². The van der Waals surface area contributed by atoms with Gasteiger partial charge in [0.2, 0.25) is 0 Å². The number of imidazole rings is 1. The van der Waals surface area contributed by atoms with Crippen LogP contribution in [0.2, 0.25) is 10.0 Å². The van der Waals surface area contributed by atoms with Gasteiger partial charge in [0.05, 0.1) is 29.8 Å². The smallest absolute Gasteiger partial charge is 0.167 e. The topological polar surface area (TPSA) is 109 Å². The van der Waals surface area contributed by atoms with Gasteiger partial charge in [0.1, 0.15) is 35.1 Å². The molecule has 28 heavy (non-hydrogen) atoms. The van der Waals surface area contributed by atoms with Gasteiger partial charge in [-0.15, -0.1) is 0 Å². The molecule has 0 bridgehead atoms. The molecule has 150 valence electrons. The molecular formula is C18H21Cl2N5O3. The largest absolute Gasteiger partial charge is 0.489 e. The van der Waals surface area contributed by atoms with E-state index in [9.17, 15) is 10.2 Å². The summed E-state index contributed by atoms with van der Waals surface area (Å²) in [6, 6.07) is 1.70. The van der Waals surface area contributed by atoms with Crippen LogP contribution in [-0.2, 0) is 13.2 Å². The van der Waals surface area contributed by atoms with E-state index in [4.69, 9.17) is 27.9 Å². The number of hydrogen-bond donors (Lipinski definition) is 3. The number of H-pyrrole nitrogens is 1. The van der Waals surface area contributed by atoms with Crippen molar-refractivity contribution in [1.29, 1.82) is 0 Å². The van der Waals surface area contributed by atoms with E-state index < -0.39 is 0 Å². The van der Waals surface area contributed by atoms with Gasteiger partial charge in [-0.25, -0.2) is 9.97 Å². The highest BCUT2D eigenvalue weighted by molar-refractivity contribution is 6.44. The first kappa shape index (κ1) is 19.4. The maximum atomic E-state index is 10.2. The van der Waals surface area contributed by atoms with Crippen molar-refractivity contribution >= 4 is 34.2 Å². The third-order valence-electron chi connectivity index (χ3n) is 5.20. The van der Waals surface area contributed by atoms with Gasteiger partial charge in [-0.1, -0.05) is 36.0 Å². The maximum absolute atomic E-state index is 10.2. The lowest BCUT2D eigenvalue weighted by Gasteiger charge is -2.27. The van der Waals surface area contributed by atoms with E-state index in [0.717, 1.165) is 25.7 Å². The van der Waals surface area contributed by atoms with E-state index in [1.807, 2.05) is 0 Å². The molecule has 1 fully saturated rings. The van der Waals surface area contributed by atoms with Crippen LogP contribution >= 0.6 is 23.2 Å². The minimum atomic E-state index is -0.376. The van der Waals surface area contributed by atoms with Gasteiger partial charge >= 0.3 is 0 Å². The zero-order valence-corrected chi connectivity index (χ0v) is 16.6. The monoisotopic (exact) mass is 425 g/mol. The molecule has 0 saturated heterocycles. The molecule has 8 nitrogen and oxygen atoms in total. The zero-order chi connectivity index (χ0) is 19.7. The Morgan fingerprint density at radius 1 is 1.29 bits per heavy atom. The third-order valence-corrected chi connectivity index (χ3v) is 5.97. The molecule has 2 atom stereocenters. The van der Waals surface area contributed by atoms with Crippen LogP contribution in [0.4, 0.5) is 0 Å². The fraction of sp³-hybridized carbons (Fsp3) is 0.500. The number of halogens is 2. The summed E-state index contributed by atoms with van der Waals surface area (Å²) >= 11 is 12.8. The van der Waals surface area contributed by atoms with Gasteiger partial charge < -0.3 is 19.5 Å². The summed E-state index contributed by atoms with van der Waals surface area (Å²) in [5.74, 6) is 1.47. The Labute approximate surface area is 171 Å². The second kappa shape index (κ2) is 8.24. The molecule has 3 aromatic rings. The Bertz CT molecular complexity index is 960. The number of hydrogen-bond acceptors (Lipinski definition) is 6. The highest BCUT2D eigenvalue weighted by Gasteiger charge is 2.26. The quantitative estimate of drug-likeness (QED) is 0.559. The van der Waals surface area contributed by atoms with Gasteiger partial charge in [0, 0.05) is 5.92 Å². The molecule has 1 aromatic carbocycles. The third kappa shape index (κ3) is 3.69. The number of rotatable bonds is 6. The first-order chi connectivity index (χ1) is 13.6. The number of aromatic nitrogens is 5. The van der Waals surface area contributed by atoms with E-state index in [-0.39, 0.29) is 23.7 Å². The summed E-state index contributed by atoms with van der Waals surface area (Å²) in [7, 11) is 0. The van der Waals surface area contributed by atoms with Crippen LogP contribution in [-0.4, -0.2) is 47.7 Å². The van der Waals surface area contributed by atoms with Crippen LogP contribution in [0.3, 0.4) is 0 Å². The van der Waals surface area contributed by atoms with E-state index in [1.54, 1.807) is 10.6 Å². The Morgan fingerprint density at radius 3 is 2.82 bits per heavy atom. The molecule has 1 aliphatic rings. The molecule has 0 aliphatic heterocycles. The summed E-state index contributed by atoms with van der Waals surface area (Å²) in [6.45, 7) is 0.406. The normalized spacial score (nSPS) is 20.0. The zero-order valence-electron chi connectivity index (χ0n) is 15.1. The number of aromatic amines is 1. The number of ether oxygens (including phenoxy) is 1. The Balaban J connectivity index is 1.71. The predicted octanol–water partition coefficient (Wildman–Crippen LogP) is 2.93. The number of nitrogens with one attached hydrogen (secondary N) is 1. The fourth-order valence-corrected chi connectivity index (χ4v) is 4.07. The van der Waals surface area contributed by atoms with Gasteiger partial charge in [-0.2, -0.15) is 5.10 Å². The second-order valence-electron chi connectivity index (χ2n) is 7.00. The molecule has 2 heterocycles. The van der Waals surface area contributed by atoms with E-state index >= 15 is 0 Å². The number of fused-ring (bicyclic) bond motifs is 1. The van der Waals surface area contributed by atoms with Crippen molar-refractivity contribution in [3.8, 4) is 5.75 Å². The lowest BCUT2D eigenvalue weighted by Crippen LogP contribution is -2.29. The highest BCUT2D eigenvalue weighted by Crippen LogP contribution is 2.40. The minimum absolute atomic E-state index is 0.0486. The van der Waals surface area contributed by atoms with Crippen molar-refractivity contribution in [2.45, 2.75) is 44.9 Å². The lowest BCUT2D eigenvalue weighted by atomic mass is 9.87. The van der Waals surface area contributed by atoms with E-state index in [1.165, 1.54) is 6.33 Å². The van der Waals surface area contributed by atoms with Crippen LogP contribution in [0.15, 0.2) is 12.4 Å². The molecule has 0 spiro atoms. The van der Waals surface area contributed by atoms with Crippen LogP contribution < -0.4 is 4.74 Å². The first-order valence-corrected chi connectivity index (χ1v) is 9.97. The van der Waals surface area contributed by atoms with Crippen molar-refractivity contribution in [1.82, 2.24) is 24.7 Å². The minimum Gasteiger partial charge on any atom is -0.489 e. The fourth-order valence-electron chi connectivity index (χ4n) is 3.68. The molecule has 1 aliphatic carbocycles. The van der Waals surface area contributed by atoms with E-state index in [2.05, 4.69) is 20.2 Å². The number of aliphatic hydroxyl groups excluding tert-OH is 2. The van der Waals surface area contributed by atoms with Crippen LogP contribution in [0.1, 0.15) is 37.3 Å². The molecule has 0 radical (unpaired) electrons. The number of nitrogens with zero attached hydrogens (tertiary/aromatic N) is 4. The summed E-state index contributed by atoms with van der Waals surface area (Å²) in [5.41, 5.74) is 1.19. The average Bonchev–Trinajstić information content (AvgIpc) is 3.32. The Kier molecular flexibility index (Phi) is 5.73. The predicted molar refractivity (Wildman–Crippen MR) is 105 cm³/mol. The number of benzene rings is 1. The van der Waals surface area contributed by atoms with Crippen molar-refractivity contribution in [3.63, 3.8) is 0 Å². The summed E-state index contributed by atoms with van der Waals surface area (Å²) in [4.78, 5) is 8.64. The number of aliphatic hydroxyl groups is 2. The van der Waals surface area contributed by atoms with Crippen molar-refractivity contribution in [2.24, 2.45) is 5.92 Å². The molecule has 1 saturated carbocycles. The van der Waals surface area contributed by atoms with Gasteiger partial charge in [-0.05, 0) is 18.9 Å². The standard InChI is InChI=1S/C18H21Cl2N5O3/c19-11-5-12-17(23-15(7-26)25(12)6-14-21-9-22-24-14)18(16(11)20)28-8-10-3-1-2-4-13(10)27/h5,9-10,13,26-27H,1-4,6-8H2,(H,21,22,24)/t10-,13+/m1/s1. The molecule has 3 N–H and O–H groups in total. The second-order valence-corrected chi connectivity index (χ2v) is 7.78. The van der Waals surface area contributed by atoms with Crippen LogP contribution in [0.25, 0.3) is 11.0 Å². The Hall–Kier alpha value is -1.87. The van der Waals surface area contributed by atoms with E-state index in [0.29, 0.717) is 46.6 Å². The first-order valence-electron chi connectivity index (χ1n) is 9.21. The molecule has 10 heteroatoms.